The molecule has 3 heteroatoms. The number of carbonyl (C=O) groups is 1. The van der Waals surface area contributed by atoms with Gasteiger partial charge in [0.1, 0.15) is 0 Å². The Hall–Kier alpha value is -2.57. The van der Waals surface area contributed by atoms with Crippen LogP contribution in [0.25, 0.3) is 0 Å². The van der Waals surface area contributed by atoms with Crippen LogP contribution in [0.4, 0.5) is 0 Å². The van der Waals surface area contributed by atoms with Gasteiger partial charge in [0.15, 0.2) is 0 Å². The lowest BCUT2D eigenvalue weighted by molar-refractivity contribution is -0.138. The Balaban J connectivity index is 1.64. The molecule has 1 aliphatic carbocycles. The van der Waals surface area contributed by atoms with Crippen molar-refractivity contribution in [2.45, 2.75) is 52.1 Å². The Morgan fingerprint density at radius 3 is 2.33 bits per heavy atom. The molecule has 3 nitrogen and oxygen atoms in total. The van der Waals surface area contributed by atoms with E-state index in [9.17, 15) is 4.79 Å². The number of carboxylic acid groups (broad SMARTS) is 1. The second-order valence-electron chi connectivity index (χ2n) is 7.58. The zero-order valence-electron chi connectivity index (χ0n) is 16.3. The fraction of sp³-hybridized carbons (Fsp3) is 0.375. The zero-order chi connectivity index (χ0) is 19.4. The lowest BCUT2D eigenvalue weighted by Gasteiger charge is -2.14. The predicted molar refractivity (Wildman–Crippen MR) is 109 cm³/mol. The number of carboxylic acids is 1. The summed E-state index contributed by atoms with van der Waals surface area (Å²) >= 11 is 0. The predicted octanol–water partition coefficient (Wildman–Crippen LogP) is 4.47. The van der Waals surface area contributed by atoms with E-state index in [1.807, 2.05) is 24.3 Å². The average Bonchev–Trinajstić information content (AvgIpc) is 3.50. The molecule has 2 N–H and O–H groups in total. The van der Waals surface area contributed by atoms with Crippen molar-refractivity contribution < 1.29 is 9.90 Å². The Morgan fingerprint density at radius 2 is 1.74 bits per heavy atom. The van der Waals surface area contributed by atoms with Crippen LogP contribution in [0.5, 0.6) is 0 Å². The molecule has 0 amide bonds. The summed E-state index contributed by atoms with van der Waals surface area (Å²) in [4.78, 5) is 11.0. The first-order valence-corrected chi connectivity index (χ1v) is 9.61. The van der Waals surface area contributed by atoms with Crippen molar-refractivity contribution in [3.05, 3.63) is 70.3 Å². The van der Waals surface area contributed by atoms with Crippen LogP contribution in [0, 0.1) is 24.7 Å². The van der Waals surface area contributed by atoms with E-state index < -0.39 is 11.9 Å². The highest BCUT2D eigenvalue weighted by Crippen LogP contribution is 2.32. The molecule has 0 aliphatic heterocycles. The molecular weight excluding hydrogens is 334 g/mol. The minimum atomic E-state index is -0.814. The summed E-state index contributed by atoms with van der Waals surface area (Å²) in [6.07, 6.45) is 2.72. The molecule has 2 aromatic rings. The standard InChI is InChI=1S/C24H27NO2/c1-16-14-20(8-11-23(16)15-25-18(3)22-12-13-22)5-4-19-6-9-21(10-7-19)17(2)24(26)27/h6-11,14,17-18,22,25H,12-13,15H2,1-3H3,(H,26,27). The highest BCUT2D eigenvalue weighted by Gasteiger charge is 2.27. The van der Waals surface area contributed by atoms with Crippen LogP contribution in [-0.2, 0) is 11.3 Å². The molecule has 2 aromatic carbocycles. The van der Waals surface area contributed by atoms with Gasteiger partial charge in [-0.1, -0.05) is 30.0 Å². The summed E-state index contributed by atoms with van der Waals surface area (Å²) in [5, 5.41) is 12.7. The van der Waals surface area contributed by atoms with Gasteiger partial charge in [-0.15, -0.1) is 0 Å². The summed E-state index contributed by atoms with van der Waals surface area (Å²) in [6.45, 7) is 7.00. The van der Waals surface area contributed by atoms with Gasteiger partial charge in [-0.2, -0.15) is 0 Å². The van der Waals surface area contributed by atoms with Crippen molar-refractivity contribution in [2.24, 2.45) is 5.92 Å². The molecule has 0 spiro atoms. The third-order valence-corrected chi connectivity index (χ3v) is 5.42. The van der Waals surface area contributed by atoms with Crippen LogP contribution < -0.4 is 5.32 Å². The third-order valence-electron chi connectivity index (χ3n) is 5.42. The Labute approximate surface area is 161 Å². The molecule has 1 fully saturated rings. The van der Waals surface area contributed by atoms with Crippen LogP contribution in [0.1, 0.15) is 60.4 Å². The number of nitrogens with one attached hydrogen (secondary N) is 1. The molecule has 27 heavy (non-hydrogen) atoms. The van der Waals surface area contributed by atoms with E-state index >= 15 is 0 Å². The topological polar surface area (TPSA) is 49.3 Å². The van der Waals surface area contributed by atoms with Crippen molar-refractivity contribution in [2.75, 3.05) is 0 Å². The van der Waals surface area contributed by atoms with E-state index in [0.717, 1.165) is 29.2 Å². The van der Waals surface area contributed by atoms with E-state index in [1.165, 1.54) is 24.0 Å². The van der Waals surface area contributed by atoms with Crippen LogP contribution in [0.3, 0.4) is 0 Å². The molecule has 2 unspecified atom stereocenters. The summed E-state index contributed by atoms with van der Waals surface area (Å²) < 4.78 is 0. The summed E-state index contributed by atoms with van der Waals surface area (Å²) in [5.41, 5.74) is 5.25. The van der Waals surface area contributed by atoms with Gasteiger partial charge in [0, 0.05) is 23.7 Å². The normalized spacial score (nSPS) is 15.5. The molecule has 0 bridgehead atoms. The monoisotopic (exact) mass is 361 g/mol. The number of aryl methyl sites for hydroxylation is 1. The molecule has 0 saturated heterocycles. The van der Waals surface area contributed by atoms with Crippen molar-refractivity contribution in [1.82, 2.24) is 5.32 Å². The first-order chi connectivity index (χ1) is 12.9. The quantitative estimate of drug-likeness (QED) is 0.746. The highest BCUT2D eigenvalue weighted by atomic mass is 16.4. The van der Waals surface area contributed by atoms with Crippen molar-refractivity contribution in [1.29, 1.82) is 0 Å². The first kappa shape index (κ1) is 19.2. The largest absolute Gasteiger partial charge is 0.481 e. The molecule has 0 radical (unpaired) electrons. The Morgan fingerprint density at radius 1 is 1.11 bits per heavy atom. The second kappa shape index (κ2) is 8.41. The smallest absolute Gasteiger partial charge is 0.310 e. The van der Waals surface area contributed by atoms with E-state index in [2.05, 4.69) is 49.2 Å². The van der Waals surface area contributed by atoms with Gasteiger partial charge < -0.3 is 10.4 Å². The van der Waals surface area contributed by atoms with E-state index in [4.69, 9.17) is 5.11 Å². The van der Waals surface area contributed by atoms with E-state index in [-0.39, 0.29) is 0 Å². The van der Waals surface area contributed by atoms with Crippen LogP contribution in [0.15, 0.2) is 42.5 Å². The number of aliphatic carboxylic acids is 1. The summed E-state index contributed by atoms with van der Waals surface area (Å²) in [5.74, 6) is 5.92. The van der Waals surface area contributed by atoms with Gasteiger partial charge in [0.2, 0.25) is 0 Å². The van der Waals surface area contributed by atoms with Crippen molar-refractivity contribution in [3.63, 3.8) is 0 Å². The molecule has 2 atom stereocenters. The number of hydrogen-bond acceptors (Lipinski definition) is 2. The molecular formula is C24H27NO2. The minimum Gasteiger partial charge on any atom is -0.481 e. The highest BCUT2D eigenvalue weighted by molar-refractivity contribution is 5.75. The number of benzene rings is 2. The molecule has 3 rings (SSSR count). The molecule has 0 aromatic heterocycles. The van der Waals surface area contributed by atoms with Gasteiger partial charge >= 0.3 is 5.97 Å². The van der Waals surface area contributed by atoms with Crippen LogP contribution in [-0.4, -0.2) is 17.1 Å². The van der Waals surface area contributed by atoms with Crippen LogP contribution in [0.2, 0.25) is 0 Å². The average molecular weight is 361 g/mol. The fourth-order valence-corrected chi connectivity index (χ4v) is 3.15. The fourth-order valence-electron chi connectivity index (χ4n) is 3.15. The van der Waals surface area contributed by atoms with Gasteiger partial charge in [-0.05, 0) is 80.5 Å². The summed E-state index contributed by atoms with van der Waals surface area (Å²) in [7, 11) is 0. The van der Waals surface area contributed by atoms with Crippen molar-refractivity contribution in [3.8, 4) is 11.8 Å². The van der Waals surface area contributed by atoms with E-state index in [0.29, 0.717) is 6.04 Å². The van der Waals surface area contributed by atoms with Gasteiger partial charge in [0.25, 0.3) is 0 Å². The lowest BCUT2D eigenvalue weighted by Crippen LogP contribution is -2.27. The van der Waals surface area contributed by atoms with Gasteiger partial charge in [-0.25, -0.2) is 0 Å². The summed E-state index contributed by atoms with van der Waals surface area (Å²) in [6, 6.07) is 14.4. The number of hydrogen-bond donors (Lipinski definition) is 2. The number of rotatable bonds is 6. The van der Waals surface area contributed by atoms with E-state index in [1.54, 1.807) is 6.92 Å². The molecule has 140 valence electrons. The maximum Gasteiger partial charge on any atom is 0.310 e. The Kier molecular flexibility index (Phi) is 5.98. The van der Waals surface area contributed by atoms with Gasteiger partial charge in [0.05, 0.1) is 5.92 Å². The second-order valence-corrected chi connectivity index (χ2v) is 7.58. The first-order valence-electron chi connectivity index (χ1n) is 9.61. The van der Waals surface area contributed by atoms with Crippen molar-refractivity contribution >= 4 is 5.97 Å². The lowest BCUT2D eigenvalue weighted by atomic mass is 10.00. The molecule has 1 aliphatic rings. The SMILES string of the molecule is Cc1cc(C#Cc2ccc(C(C)C(=O)O)cc2)ccc1CNC(C)C1CC1. The molecule has 1 saturated carbocycles. The Bertz CT molecular complexity index is 869. The molecule has 0 heterocycles. The minimum absolute atomic E-state index is 0.501. The maximum absolute atomic E-state index is 11.0. The van der Waals surface area contributed by atoms with Gasteiger partial charge in [-0.3, -0.25) is 4.79 Å². The maximum atomic E-state index is 11.0. The third kappa shape index (κ3) is 5.21. The zero-order valence-corrected chi connectivity index (χ0v) is 16.3. The van der Waals surface area contributed by atoms with Crippen LogP contribution >= 0.6 is 0 Å².